The Labute approximate surface area is 74.2 Å². The standard InChI is InChI=1S/C7H10N2O2S/c1-4-2-6(9-12-4)5(3-8)7(10)11/h2,5H,3,8H2,1H3,(H,10,11). The summed E-state index contributed by atoms with van der Waals surface area (Å²) in [5.74, 6) is -1.57. The second-order valence-corrected chi connectivity index (χ2v) is 3.50. The minimum Gasteiger partial charge on any atom is -0.481 e. The van der Waals surface area contributed by atoms with Gasteiger partial charge in [-0.3, -0.25) is 4.79 Å². The van der Waals surface area contributed by atoms with Gasteiger partial charge >= 0.3 is 5.97 Å². The van der Waals surface area contributed by atoms with Gasteiger partial charge in [-0.15, -0.1) is 0 Å². The van der Waals surface area contributed by atoms with Crippen LogP contribution in [0.3, 0.4) is 0 Å². The summed E-state index contributed by atoms with van der Waals surface area (Å²) in [7, 11) is 0. The highest BCUT2D eigenvalue weighted by Gasteiger charge is 2.20. The molecule has 66 valence electrons. The number of nitrogens with two attached hydrogens (primary N) is 1. The Morgan fingerprint density at radius 1 is 1.92 bits per heavy atom. The van der Waals surface area contributed by atoms with Crippen molar-refractivity contribution in [1.29, 1.82) is 0 Å². The topological polar surface area (TPSA) is 76.2 Å². The van der Waals surface area contributed by atoms with Crippen LogP contribution in [0.2, 0.25) is 0 Å². The Morgan fingerprint density at radius 2 is 2.58 bits per heavy atom. The summed E-state index contributed by atoms with van der Waals surface area (Å²) in [5.41, 5.74) is 5.86. The largest absolute Gasteiger partial charge is 0.481 e. The van der Waals surface area contributed by atoms with Gasteiger partial charge in [0.25, 0.3) is 0 Å². The highest BCUT2D eigenvalue weighted by atomic mass is 32.1. The maximum absolute atomic E-state index is 10.6. The molecule has 12 heavy (non-hydrogen) atoms. The molecule has 1 aromatic heterocycles. The molecule has 0 aliphatic rings. The number of carboxylic acid groups (broad SMARTS) is 1. The van der Waals surface area contributed by atoms with Gasteiger partial charge in [0, 0.05) is 11.4 Å². The first-order valence-corrected chi connectivity index (χ1v) is 4.28. The summed E-state index contributed by atoms with van der Waals surface area (Å²) < 4.78 is 3.99. The lowest BCUT2D eigenvalue weighted by Crippen LogP contribution is -2.21. The van der Waals surface area contributed by atoms with Gasteiger partial charge in [-0.25, -0.2) is 0 Å². The molecule has 5 heteroatoms. The van der Waals surface area contributed by atoms with E-state index in [-0.39, 0.29) is 6.54 Å². The van der Waals surface area contributed by atoms with E-state index in [0.29, 0.717) is 5.69 Å². The summed E-state index contributed by atoms with van der Waals surface area (Å²) in [6.07, 6.45) is 0. The number of nitrogens with zero attached hydrogens (tertiary/aromatic N) is 1. The van der Waals surface area contributed by atoms with Crippen molar-refractivity contribution in [3.8, 4) is 0 Å². The highest BCUT2D eigenvalue weighted by Crippen LogP contribution is 2.17. The van der Waals surface area contributed by atoms with E-state index in [4.69, 9.17) is 10.8 Å². The number of hydrogen-bond acceptors (Lipinski definition) is 4. The van der Waals surface area contributed by atoms with Crippen LogP contribution >= 0.6 is 11.5 Å². The predicted molar refractivity (Wildman–Crippen MR) is 46.3 cm³/mol. The molecule has 0 bridgehead atoms. The van der Waals surface area contributed by atoms with Crippen LogP contribution in [-0.4, -0.2) is 22.0 Å². The van der Waals surface area contributed by atoms with E-state index in [1.165, 1.54) is 11.5 Å². The number of aromatic nitrogens is 1. The van der Waals surface area contributed by atoms with E-state index in [9.17, 15) is 4.79 Å². The monoisotopic (exact) mass is 186 g/mol. The summed E-state index contributed by atoms with van der Waals surface area (Å²) >= 11 is 1.30. The summed E-state index contributed by atoms with van der Waals surface area (Å²) in [6, 6.07) is 1.76. The fourth-order valence-corrected chi connectivity index (χ4v) is 1.50. The van der Waals surface area contributed by atoms with Crippen LogP contribution in [-0.2, 0) is 4.79 Å². The SMILES string of the molecule is Cc1cc(C(CN)C(=O)O)ns1. The van der Waals surface area contributed by atoms with Gasteiger partial charge in [0.05, 0.1) is 5.69 Å². The van der Waals surface area contributed by atoms with Gasteiger partial charge in [0.15, 0.2) is 0 Å². The molecular weight excluding hydrogens is 176 g/mol. The zero-order chi connectivity index (χ0) is 9.14. The van der Waals surface area contributed by atoms with E-state index in [1.54, 1.807) is 6.07 Å². The number of aliphatic carboxylic acids is 1. The maximum Gasteiger partial charge on any atom is 0.313 e. The molecule has 0 radical (unpaired) electrons. The molecule has 0 saturated carbocycles. The average molecular weight is 186 g/mol. The van der Waals surface area contributed by atoms with Gasteiger partial charge in [-0.2, -0.15) is 4.37 Å². The molecule has 1 atom stereocenters. The van der Waals surface area contributed by atoms with Crippen LogP contribution in [0.25, 0.3) is 0 Å². The normalized spacial score (nSPS) is 12.8. The molecule has 1 aromatic rings. The smallest absolute Gasteiger partial charge is 0.313 e. The van der Waals surface area contributed by atoms with Crippen LogP contribution in [0.5, 0.6) is 0 Å². The minimum atomic E-state index is -0.914. The molecule has 0 saturated heterocycles. The predicted octanol–water partition coefficient (Wildman–Crippen LogP) is 0.578. The molecule has 0 spiro atoms. The molecule has 1 heterocycles. The zero-order valence-electron chi connectivity index (χ0n) is 6.65. The van der Waals surface area contributed by atoms with Gasteiger partial charge in [0.1, 0.15) is 5.92 Å². The lowest BCUT2D eigenvalue weighted by molar-refractivity contribution is -0.138. The van der Waals surface area contributed by atoms with Crippen LogP contribution in [0.15, 0.2) is 6.07 Å². The summed E-state index contributed by atoms with van der Waals surface area (Å²) in [4.78, 5) is 11.6. The lowest BCUT2D eigenvalue weighted by Gasteiger charge is -2.04. The lowest BCUT2D eigenvalue weighted by atomic mass is 10.1. The zero-order valence-corrected chi connectivity index (χ0v) is 7.47. The second-order valence-electron chi connectivity index (χ2n) is 2.49. The quantitative estimate of drug-likeness (QED) is 0.724. The van der Waals surface area contributed by atoms with Crippen molar-refractivity contribution in [3.63, 3.8) is 0 Å². The van der Waals surface area contributed by atoms with E-state index >= 15 is 0 Å². The van der Waals surface area contributed by atoms with Crippen molar-refractivity contribution in [3.05, 3.63) is 16.6 Å². The molecule has 1 unspecified atom stereocenters. The van der Waals surface area contributed by atoms with Crippen molar-refractivity contribution in [2.24, 2.45) is 5.73 Å². The number of carbonyl (C=O) groups is 1. The van der Waals surface area contributed by atoms with Crippen LogP contribution in [0, 0.1) is 6.92 Å². The Hall–Kier alpha value is -0.940. The second kappa shape index (κ2) is 3.64. The first-order valence-electron chi connectivity index (χ1n) is 3.51. The van der Waals surface area contributed by atoms with E-state index in [2.05, 4.69) is 4.37 Å². The molecular formula is C7H10N2O2S. The minimum absolute atomic E-state index is 0.0957. The van der Waals surface area contributed by atoms with Gasteiger partial charge in [0.2, 0.25) is 0 Å². The molecule has 1 rings (SSSR count). The van der Waals surface area contributed by atoms with Crippen LogP contribution in [0.4, 0.5) is 0 Å². The van der Waals surface area contributed by atoms with E-state index in [0.717, 1.165) is 4.88 Å². The maximum atomic E-state index is 10.6. The fraction of sp³-hybridized carbons (Fsp3) is 0.429. The first-order chi connectivity index (χ1) is 5.65. The van der Waals surface area contributed by atoms with Crippen LogP contribution in [0.1, 0.15) is 16.5 Å². The Morgan fingerprint density at radius 3 is 2.92 bits per heavy atom. The summed E-state index contributed by atoms with van der Waals surface area (Å²) in [5, 5.41) is 8.72. The number of hydrogen-bond donors (Lipinski definition) is 2. The number of rotatable bonds is 3. The fourth-order valence-electron chi connectivity index (χ4n) is 0.898. The molecule has 4 nitrogen and oxygen atoms in total. The average Bonchev–Trinajstić information content (AvgIpc) is 2.37. The van der Waals surface area contributed by atoms with Crippen molar-refractivity contribution in [1.82, 2.24) is 4.37 Å². The van der Waals surface area contributed by atoms with E-state index < -0.39 is 11.9 Å². The molecule has 0 aliphatic heterocycles. The first kappa shape index (κ1) is 9.15. The Kier molecular flexibility index (Phi) is 2.78. The van der Waals surface area contributed by atoms with Crippen molar-refractivity contribution >= 4 is 17.5 Å². The molecule has 0 aliphatic carbocycles. The summed E-state index contributed by atoms with van der Waals surface area (Å²) in [6.45, 7) is 1.98. The van der Waals surface area contributed by atoms with Gasteiger partial charge in [-0.1, -0.05) is 0 Å². The van der Waals surface area contributed by atoms with Gasteiger partial charge < -0.3 is 10.8 Å². The highest BCUT2D eigenvalue weighted by molar-refractivity contribution is 7.05. The molecule has 0 amide bonds. The Bertz CT molecular complexity index is 285. The van der Waals surface area contributed by atoms with Crippen molar-refractivity contribution in [2.45, 2.75) is 12.8 Å². The van der Waals surface area contributed by atoms with E-state index in [1.807, 2.05) is 6.92 Å². The van der Waals surface area contributed by atoms with Gasteiger partial charge in [-0.05, 0) is 24.5 Å². The van der Waals surface area contributed by atoms with Crippen LogP contribution < -0.4 is 5.73 Å². The van der Waals surface area contributed by atoms with Crippen molar-refractivity contribution < 1.29 is 9.90 Å². The Balaban J connectivity index is 2.87. The third-order valence-corrected chi connectivity index (χ3v) is 2.24. The number of carboxylic acids is 1. The molecule has 0 fully saturated rings. The number of aryl methyl sites for hydroxylation is 1. The third kappa shape index (κ3) is 1.80. The molecule has 3 N–H and O–H groups in total. The van der Waals surface area contributed by atoms with Crippen molar-refractivity contribution in [2.75, 3.05) is 6.54 Å². The molecule has 0 aromatic carbocycles. The third-order valence-electron chi connectivity index (χ3n) is 1.54.